The van der Waals surface area contributed by atoms with E-state index in [0.717, 1.165) is 12.1 Å². The Morgan fingerprint density at radius 1 is 0.875 bits per heavy atom. The fourth-order valence-electron chi connectivity index (χ4n) is 4.81. The third-order valence-electron chi connectivity index (χ3n) is 6.25. The molecule has 5 rings (SSSR count). The minimum absolute atomic E-state index is 0.258. The van der Waals surface area contributed by atoms with Crippen LogP contribution in [0.3, 0.4) is 0 Å². The molecule has 5 aromatic rings. The Morgan fingerprint density at radius 2 is 1.66 bits per heavy atom. The number of aryl methyl sites for hydroxylation is 1. The van der Waals surface area contributed by atoms with Gasteiger partial charge < -0.3 is 0 Å². The van der Waals surface area contributed by atoms with Gasteiger partial charge in [-0.3, -0.25) is 4.98 Å². The van der Waals surface area contributed by atoms with Crippen molar-refractivity contribution in [1.29, 1.82) is 0 Å². The molecule has 0 atom stereocenters. The van der Waals surface area contributed by atoms with E-state index in [2.05, 4.69) is 96.1 Å². The second-order valence-corrected chi connectivity index (χ2v) is 11.6. The molecule has 1 nitrogen and oxygen atoms in total. The lowest BCUT2D eigenvalue weighted by atomic mass is 9.88. The van der Waals surface area contributed by atoms with E-state index < -0.39 is 0 Å². The van der Waals surface area contributed by atoms with Crippen molar-refractivity contribution in [2.24, 2.45) is 5.41 Å². The Kier molecular flexibility index (Phi) is 5.09. The van der Waals surface area contributed by atoms with Crippen LogP contribution < -0.4 is 0 Å². The molecular weight excluding hydrogens is 406 g/mol. The van der Waals surface area contributed by atoms with E-state index >= 15 is 0 Å². The summed E-state index contributed by atoms with van der Waals surface area (Å²) in [5.41, 5.74) is 6.74. The van der Waals surface area contributed by atoms with Gasteiger partial charge >= 0.3 is 0 Å². The molecule has 0 aliphatic heterocycles. The van der Waals surface area contributed by atoms with Crippen molar-refractivity contribution in [2.75, 3.05) is 0 Å². The second kappa shape index (κ2) is 7.71. The molecule has 162 valence electrons. The summed E-state index contributed by atoms with van der Waals surface area (Å²) in [5.74, 6) is 0.458. The normalized spacial score (nSPS) is 12.5. The highest BCUT2D eigenvalue weighted by Crippen LogP contribution is 2.42. The van der Waals surface area contributed by atoms with Crippen LogP contribution in [0.5, 0.6) is 0 Å². The van der Waals surface area contributed by atoms with Crippen molar-refractivity contribution >= 4 is 42.3 Å². The van der Waals surface area contributed by atoms with Crippen LogP contribution in [0.15, 0.2) is 60.8 Å². The number of aromatic nitrogens is 1. The Hall–Kier alpha value is -2.71. The van der Waals surface area contributed by atoms with Gasteiger partial charge in [0.05, 0.1) is 10.4 Å². The molecule has 0 amide bonds. The molecule has 0 unspecified atom stereocenters. The van der Waals surface area contributed by atoms with Crippen molar-refractivity contribution in [3.8, 4) is 11.3 Å². The minimum Gasteiger partial charge on any atom is -0.255 e. The SMILES string of the molecule is Cc1ccc2cc(-c3nccc4c3sc3c(CC(C)(C)C)cccc34)cc(C(C)C)c2c1. The smallest absolute Gasteiger partial charge is 0.0880 e. The summed E-state index contributed by atoms with van der Waals surface area (Å²) in [6, 6.07) is 20.4. The van der Waals surface area contributed by atoms with Crippen LogP contribution in [0.4, 0.5) is 0 Å². The van der Waals surface area contributed by atoms with Crippen LogP contribution in [0.1, 0.15) is 57.2 Å². The fraction of sp³-hybridized carbons (Fsp3) is 0.300. The van der Waals surface area contributed by atoms with Gasteiger partial charge in [-0.15, -0.1) is 11.3 Å². The summed E-state index contributed by atoms with van der Waals surface area (Å²) in [4.78, 5) is 4.91. The summed E-state index contributed by atoms with van der Waals surface area (Å²) < 4.78 is 2.71. The van der Waals surface area contributed by atoms with E-state index in [1.807, 2.05) is 17.5 Å². The predicted molar refractivity (Wildman–Crippen MR) is 142 cm³/mol. The van der Waals surface area contributed by atoms with E-state index in [0.29, 0.717) is 5.92 Å². The van der Waals surface area contributed by atoms with Gasteiger partial charge in [0.2, 0.25) is 0 Å². The quantitative estimate of drug-likeness (QED) is 0.274. The van der Waals surface area contributed by atoms with E-state index in [1.165, 1.54) is 53.2 Å². The number of benzene rings is 3. The average Bonchev–Trinajstić information content (AvgIpc) is 3.12. The number of hydrogen-bond acceptors (Lipinski definition) is 2. The highest BCUT2D eigenvalue weighted by atomic mass is 32.1. The topological polar surface area (TPSA) is 12.9 Å². The second-order valence-electron chi connectivity index (χ2n) is 10.6. The first kappa shape index (κ1) is 21.2. The summed E-state index contributed by atoms with van der Waals surface area (Å²) in [7, 11) is 0. The largest absolute Gasteiger partial charge is 0.255 e. The fourth-order valence-corrected chi connectivity index (χ4v) is 6.13. The highest BCUT2D eigenvalue weighted by molar-refractivity contribution is 7.26. The maximum Gasteiger partial charge on any atom is 0.0880 e. The van der Waals surface area contributed by atoms with Gasteiger partial charge in [0.25, 0.3) is 0 Å². The van der Waals surface area contributed by atoms with Crippen LogP contribution in [0, 0.1) is 12.3 Å². The van der Waals surface area contributed by atoms with Gasteiger partial charge in [-0.2, -0.15) is 0 Å². The maximum atomic E-state index is 4.91. The summed E-state index contributed by atoms with van der Waals surface area (Å²) >= 11 is 1.91. The van der Waals surface area contributed by atoms with Crippen LogP contribution in [0.2, 0.25) is 0 Å². The van der Waals surface area contributed by atoms with E-state index in [1.54, 1.807) is 0 Å². The molecule has 0 saturated heterocycles. The number of rotatable bonds is 3. The zero-order chi connectivity index (χ0) is 22.6. The Bertz CT molecular complexity index is 1460. The molecule has 0 spiro atoms. The van der Waals surface area contributed by atoms with Gasteiger partial charge in [-0.25, -0.2) is 0 Å². The molecule has 32 heavy (non-hydrogen) atoms. The maximum absolute atomic E-state index is 4.91. The molecule has 2 heterocycles. The average molecular weight is 438 g/mol. The Labute approximate surface area is 195 Å². The summed E-state index contributed by atoms with van der Waals surface area (Å²) in [6.45, 7) is 13.7. The van der Waals surface area contributed by atoms with Crippen LogP contribution >= 0.6 is 11.3 Å². The molecule has 0 aliphatic rings. The zero-order valence-corrected chi connectivity index (χ0v) is 20.7. The van der Waals surface area contributed by atoms with Crippen molar-refractivity contribution in [1.82, 2.24) is 4.98 Å². The van der Waals surface area contributed by atoms with Gasteiger partial charge in [0.1, 0.15) is 0 Å². The third-order valence-corrected chi connectivity index (χ3v) is 7.56. The van der Waals surface area contributed by atoms with E-state index in [-0.39, 0.29) is 5.41 Å². The minimum atomic E-state index is 0.258. The van der Waals surface area contributed by atoms with Crippen LogP contribution in [-0.2, 0) is 6.42 Å². The van der Waals surface area contributed by atoms with Gasteiger partial charge in [0, 0.05) is 27.2 Å². The number of fused-ring (bicyclic) bond motifs is 4. The first-order valence-corrected chi connectivity index (χ1v) is 12.4. The van der Waals surface area contributed by atoms with Crippen molar-refractivity contribution in [2.45, 2.75) is 53.9 Å². The highest BCUT2D eigenvalue weighted by Gasteiger charge is 2.18. The monoisotopic (exact) mass is 437 g/mol. The zero-order valence-electron chi connectivity index (χ0n) is 19.9. The number of nitrogens with zero attached hydrogens (tertiary/aromatic N) is 1. The third kappa shape index (κ3) is 3.71. The van der Waals surface area contributed by atoms with Crippen LogP contribution in [-0.4, -0.2) is 4.98 Å². The number of hydrogen-bond donors (Lipinski definition) is 0. The molecule has 2 heteroatoms. The molecule has 0 N–H and O–H groups in total. The van der Waals surface area contributed by atoms with Crippen molar-refractivity contribution < 1.29 is 0 Å². The predicted octanol–water partition coefficient (Wildman–Crippen LogP) is 9.29. The number of thiophene rings is 1. The molecule has 0 radical (unpaired) electrons. The summed E-state index contributed by atoms with van der Waals surface area (Å²) in [6.07, 6.45) is 3.06. The van der Waals surface area contributed by atoms with Crippen LogP contribution in [0.25, 0.3) is 42.2 Å². The van der Waals surface area contributed by atoms with Gasteiger partial charge in [0.15, 0.2) is 0 Å². The standard InChI is InChI=1S/C30H31NS/c1-18(2)25-16-22(15-20-11-10-19(3)14-26(20)25)27-29-24(12-13-31-27)23-9-7-8-21(28(23)32-29)17-30(4,5)6/h7-16,18H,17H2,1-6H3. The van der Waals surface area contributed by atoms with Gasteiger partial charge in [-0.1, -0.05) is 76.6 Å². The molecular formula is C30H31NS. The molecule has 2 aromatic heterocycles. The lowest BCUT2D eigenvalue weighted by Gasteiger charge is -2.18. The number of pyridine rings is 1. The molecule has 0 bridgehead atoms. The lowest BCUT2D eigenvalue weighted by molar-refractivity contribution is 0.413. The Balaban J connectivity index is 1.78. The molecule has 3 aromatic carbocycles. The summed E-state index contributed by atoms with van der Waals surface area (Å²) in [5, 5.41) is 5.33. The van der Waals surface area contributed by atoms with Crippen molar-refractivity contribution in [3.05, 3.63) is 77.5 Å². The molecule has 0 saturated carbocycles. The van der Waals surface area contributed by atoms with E-state index in [4.69, 9.17) is 4.98 Å². The van der Waals surface area contributed by atoms with Gasteiger partial charge in [-0.05, 0) is 64.8 Å². The first-order valence-electron chi connectivity index (χ1n) is 11.5. The Morgan fingerprint density at radius 3 is 2.41 bits per heavy atom. The van der Waals surface area contributed by atoms with Crippen molar-refractivity contribution in [3.63, 3.8) is 0 Å². The molecule has 0 aliphatic carbocycles. The lowest BCUT2D eigenvalue weighted by Crippen LogP contribution is -2.08. The molecule has 0 fully saturated rings. The first-order chi connectivity index (χ1) is 15.2. The van der Waals surface area contributed by atoms with E-state index in [9.17, 15) is 0 Å².